The Morgan fingerprint density at radius 3 is 2.79 bits per heavy atom. The van der Waals surface area contributed by atoms with Crippen molar-refractivity contribution in [3.05, 3.63) is 46.1 Å². The van der Waals surface area contributed by atoms with Crippen molar-refractivity contribution in [1.82, 2.24) is 4.57 Å². The Bertz CT molecular complexity index is 1190. The number of aliphatic hydroxyl groups is 1. The third kappa shape index (κ3) is 3.02. The van der Waals surface area contributed by atoms with E-state index >= 15 is 0 Å². The van der Waals surface area contributed by atoms with Crippen LogP contribution < -0.4 is 14.9 Å². The molecule has 3 aromatic rings. The normalized spacial score (nSPS) is 17.6. The highest BCUT2D eigenvalue weighted by molar-refractivity contribution is 5.99. The van der Waals surface area contributed by atoms with Gasteiger partial charge < -0.3 is 23.9 Å². The summed E-state index contributed by atoms with van der Waals surface area (Å²) in [5.74, 6) is 0.500. The lowest BCUT2D eigenvalue weighted by Gasteiger charge is -2.28. The molecule has 0 saturated carbocycles. The quantitative estimate of drug-likeness (QED) is 0.537. The number of para-hydroxylation sites is 1. The number of rotatable bonds is 4. The topological polar surface area (TPSA) is 87.0 Å². The molecule has 1 aliphatic rings. The third-order valence-electron chi connectivity index (χ3n) is 5.54. The molecule has 0 radical (unpaired) electrons. The number of fused-ring (bicyclic) bond motifs is 4. The van der Waals surface area contributed by atoms with E-state index in [4.69, 9.17) is 14.2 Å². The van der Waals surface area contributed by atoms with E-state index in [1.807, 2.05) is 29.8 Å². The first-order chi connectivity index (χ1) is 13.7. The summed E-state index contributed by atoms with van der Waals surface area (Å²) < 4.78 is 18.5. The molecule has 1 aliphatic heterocycles. The second-order valence-electron chi connectivity index (χ2n) is 7.63. The number of methoxy groups -OCH3 is 1. The van der Waals surface area contributed by atoms with Gasteiger partial charge in [0.15, 0.2) is 0 Å². The van der Waals surface area contributed by atoms with Gasteiger partial charge in [0, 0.05) is 37.4 Å². The number of hydrogen-bond acceptors (Lipinski definition) is 6. The minimum Gasteiger partial charge on any atom is -0.496 e. The molecule has 0 fully saturated rings. The Morgan fingerprint density at radius 2 is 2.10 bits per heavy atom. The molecule has 7 nitrogen and oxygen atoms in total. The van der Waals surface area contributed by atoms with Crippen molar-refractivity contribution in [3.8, 4) is 11.5 Å². The van der Waals surface area contributed by atoms with Crippen LogP contribution in [-0.2, 0) is 23.0 Å². The maximum atomic E-state index is 13.2. The zero-order valence-electron chi connectivity index (χ0n) is 16.8. The number of esters is 1. The molecule has 7 heteroatoms. The minimum absolute atomic E-state index is 0.108. The Balaban J connectivity index is 1.92. The van der Waals surface area contributed by atoms with Crippen LogP contribution in [0.3, 0.4) is 0 Å². The van der Waals surface area contributed by atoms with Crippen LogP contribution in [0.15, 0.2) is 35.1 Å². The average Bonchev–Trinajstić information content (AvgIpc) is 3.14. The first-order valence-electron chi connectivity index (χ1n) is 9.38. The Kier molecular flexibility index (Phi) is 4.50. The number of pyridine rings is 1. The third-order valence-corrected chi connectivity index (χ3v) is 5.54. The molecule has 2 heterocycles. The van der Waals surface area contributed by atoms with E-state index in [-0.39, 0.29) is 12.0 Å². The number of carbonyl (C=O) groups is 1. The van der Waals surface area contributed by atoms with Gasteiger partial charge in [-0.3, -0.25) is 9.59 Å². The number of carbonyl (C=O) groups excluding carboxylic acids is 1. The van der Waals surface area contributed by atoms with Crippen LogP contribution in [0.5, 0.6) is 11.5 Å². The molecule has 29 heavy (non-hydrogen) atoms. The maximum absolute atomic E-state index is 13.2. The summed E-state index contributed by atoms with van der Waals surface area (Å²) >= 11 is 0. The lowest BCUT2D eigenvalue weighted by molar-refractivity contribution is -0.153. The van der Waals surface area contributed by atoms with Gasteiger partial charge in [-0.25, -0.2) is 0 Å². The lowest BCUT2D eigenvalue weighted by atomic mass is 9.94. The molecule has 2 aromatic carbocycles. The minimum atomic E-state index is -1.39. The molecule has 0 amide bonds. The number of nitrogens with zero attached hydrogens (tertiary/aromatic N) is 1. The van der Waals surface area contributed by atoms with Crippen LogP contribution in [0.4, 0.5) is 0 Å². The van der Waals surface area contributed by atoms with Crippen LogP contribution in [0.2, 0.25) is 0 Å². The smallest absolute Gasteiger partial charge is 0.302 e. The van der Waals surface area contributed by atoms with Gasteiger partial charge >= 0.3 is 5.97 Å². The summed E-state index contributed by atoms with van der Waals surface area (Å²) in [5.41, 5.74) is 0.840. The van der Waals surface area contributed by atoms with E-state index < -0.39 is 17.7 Å². The summed E-state index contributed by atoms with van der Waals surface area (Å²) in [6.07, 6.45) is -0.260. The summed E-state index contributed by atoms with van der Waals surface area (Å²) in [6, 6.07) is 9.10. The molecule has 2 atom stereocenters. The highest BCUT2D eigenvalue weighted by atomic mass is 16.6. The van der Waals surface area contributed by atoms with Crippen LogP contribution in [0.25, 0.3) is 21.8 Å². The molecule has 0 bridgehead atoms. The Labute approximate surface area is 167 Å². The Hall–Kier alpha value is -3.06. The predicted molar refractivity (Wildman–Crippen MR) is 109 cm³/mol. The maximum Gasteiger partial charge on any atom is 0.302 e. The van der Waals surface area contributed by atoms with Gasteiger partial charge in [-0.15, -0.1) is 0 Å². The van der Waals surface area contributed by atoms with Gasteiger partial charge in [0.2, 0.25) is 5.43 Å². The van der Waals surface area contributed by atoms with Crippen LogP contribution >= 0.6 is 0 Å². The monoisotopic (exact) mass is 397 g/mol. The Morgan fingerprint density at radius 1 is 1.38 bits per heavy atom. The molecule has 0 spiro atoms. The van der Waals surface area contributed by atoms with Crippen LogP contribution in [0.1, 0.15) is 19.4 Å². The number of ether oxygens (including phenoxy) is 3. The van der Waals surface area contributed by atoms with E-state index in [2.05, 4.69) is 0 Å². The van der Waals surface area contributed by atoms with Gasteiger partial charge in [0.1, 0.15) is 29.8 Å². The molecule has 0 saturated heterocycles. The van der Waals surface area contributed by atoms with Crippen LogP contribution in [-0.4, -0.2) is 41.1 Å². The van der Waals surface area contributed by atoms with Crippen LogP contribution in [0, 0.1) is 0 Å². The van der Waals surface area contributed by atoms with E-state index in [1.54, 1.807) is 19.1 Å². The molecular formula is C22H23NO6. The van der Waals surface area contributed by atoms with Crippen molar-refractivity contribution < 1.29 is 24.1 Å². The average molecular weight is 397 g/mol. The lowest BCUT2D eigenvalue weighted by Crippen LogP contribution is -2.46. The molecule has 0 unspecified atom stereocenters. The summed E-state index contributed by atoms with van der Waals surface area (Å²) in [5, 5.41) is 11.9. The van der Waals surface area contributed by atoms with E-state index in [0.717, 1.165) is 11.1 Å². The number of aromatic nitrogens is 1. The fraction of sp³-hybridized carbons (Fsp3) is 0.364. The van der Waals surface area contributed by atoms with Crippen molar-refractivity contribution in [2.75, 3.05) is 13.7 Å². The van der Waals surface area contributed by atoms with Gasteiger partial charge in [-0.05, 0) is 19.1 Å². The zero-order valence-corrected chi connectivity index (χ0v) is 16.8. The molecule has 1 aromatic heterocycles. The van der Waals surface area contributed by atoms with E-state index in [0.29, 0.717) is 34.2 Å². The highest BCUT2D eigenvalue weighted by Crippen LogP contribution is 2.42. The van der Waals surface area contributed by atoms with Crippen molar-refractivity contribution in [2.45, 2.75) is 32.0 Å². The van der Waals surface area contributed by atoms with Gasteiger partial charge in [-0.1, -0.05) is 12.1 Å². The summed E-state index contributed by atoms with van der Waals surface area (Å²) in [6.45, 7) is 2.68. The first-order valence-corrected chi connectivity index (χ1v) is 9.38. The fourth-order valence-corrected chi connectivity index (χ4v) is 4.00. The second kappa shape index (κ2) is 6.77. The zero-order chi connectivity index (χ0) is 20.9. The number of hydrogen-bond donors (Lipinski definition) is 1. The molecular weight excluding hydrogens is 374 g/mol. The van der Waals surface area contributed by atoms with E-state index in [1.165, 1.54) is 14.0 Å². The molecule has 0 aliphatic carbocycles. The first kappa shape index (κ1) is 19.3. The molecule has 152 valence electrons. The van der Waals surface area contributed by atoms with E-state index in [9.17, 15) is 14.7 Å². The van der Waals surface area contributed by atoms with Crippen molar-refractivity contribution in [3.63, 3.8) is 0 Å². The van der Waals surface area contributed by atoms with Crippen molar-refractivity contribution >= 4 is 27.8 Å². The fourth-order valence-electron chi connectivity index (χ4n) is 4.00. The number of benzene rings is 2. The predicted octanol–water partition coefficient (Wildman–Crippen LogP) is 2.32. The summed E-state index contributed by atoms with van der Waals surface area (Å²) in [7, 11) is 3.41. The molecule has 4 rings (SSSR count). The summed E-state index contributed by atoms with van der Waals surface area (Å²) in [4.78, 5) is 24.4. The van der Waals surface area contributed by atoms with Gasteiger partial charge in [0.25, 0.3) is 0 Å². The standard InChI is InChI=1S/C22H23NO6/c1-12(24)28-11-22(2,26)18-9-14-16(29-18)10-17(27-4)19-20(14)23(3)15-8-6-5-7-13(15)21(19)25/h5-8,10,18,26H,9,11H2,1-4H3/t18-,22+/m1/s1. The van der Waals surface area contributed by atoms with Crippen molar-refractivity contribution in [1.29, 1.82) is 0 Å². The SMILES string of the molecule is COc1cc2c(c3c1c(=O)c1ccccc1n3C)C[C@H]([C@@](C)(O)COC(C)=O)O2. The van der Waals surface area contributed by atoms with Crippen molar-refractivity contribution in [2.24, 2.45) is 7.05 Å². The van der Waals surface area contributed by atoms with Gasteiger partial charge in [-0.2, -0.15) is 0 Å². The second-order valence-corrected chi connectivity index (χ2v) is 7.63. The number of aryl methyl sites for hydroxylation is 1. The molecule has 1 N–H and O–H groups in total. The van der Waals surface area contributed by atoms with Gasteiger partial charge in [0.05, 0.1) is 23.5 Å². The highest BCUT2D eigenvalue weighted by Gasteiger charge is 2.41. The largest absolute Gasteiger partial charge is 0.496 e.